The van der Waals surface area contributed by atoms with Gasteiger partial charge in [0.25, 0.3) is 0 Å². The molecule has 35 heavy (non-hydrogen) atoms. The fourth-order valence-electron chi connectivity index (χ4n) is 4.10. The lowest BCUT2D eigenvalue weighted by molar-refractivity contribution is -0.139. The molecule has 0 heterocycles. The van der Waals surface area contributed by atoms with Gasteiger partial charge in [-0.2, -0.15) is 5.26 Å². The first kappa shape index (κ1) is 29.1. The monoisotopic (exact) mass is 505 g/mol. The second-order valence-electron chi connectivity index (χ2n) is 10.7. The van der Waals surface area contributed by atoms with Crippen LogP contribution in [0.3, 0.4) is 0 Å². The summed E-state index contributed by atoms with van der Waals surface area (Å²) in [5.74, 6) is 0.0243. The van der Waals surface area contributed by atoms with Crippen LogP contribution in [-0.2, 0) is 14.0 Å². The molecule has 1 aliphatic carbocycles. The lowest BCUT2D eigenvalue weighted by Gasteiger charge is -2.42. The molecule has 1 N–H and O–H groups in total. The first-order valence-corrected chi connectivity index (χ1v) is 15.7. The van der Waals surface area contributed by atoms with E-state index in [2.05, 4.69) is 39.9 Å². The molecule has 0 spiro atoms. The first-order valence-electron chi connectivity index (χ1n) is 12.8. The molecule has 1 fully saturated rings. The topological polar surface area (TPSA) is 98.0 Å². The summed E-state index contributed by atoms with van der Waals surface area (Å²) in [4.78, 5) is 11.5. The molecular formula is C27H43NO6Si. The summed E-state index contributed by atoms with van der Waals surface area (Å²) in [6.45, 7) is 15.4. The number of hydrogen-bond acceptors (Lipinski definition) is 6. The summed E-state index contributed by atoms with van der Waals surface area (Å²) < 4.78 is 25.2. The van der Waals surface area contributed by atoms with Crippen LogP contribution in [0.5, 0.6) is 11.5 Å². The maximum absolute atomic E-state index is 11.5. The Labute approximate surface area is 211 Å². The quantitative estimate of drug-likeness (QED) is 0.301. The molecular weight excluding hydrogens is 462 g/mol. The molecule has 7 nitrogen and oxygen atoms in total. The van der Waals surface area contributed by atoms with Gasteiger partial charge in [-0.05, 0) is 68.9 Å². The average molecular weight is 506 g/mol. The fraction of sp³-hybridized carbons (Fsp3) is 0.704. The minimum absolute atomic E-state index is 0.0122. The van der Waals surface area contributed by atoms with E-state index < -0.39 is 26.5 Å². The largest absolute Gasteiger partial charge is 0.492 e. The van der Waals surface area contributed by atoms with E-state index >= 15 is 0 Å². The van der Waals surface area contributed by atoms with Gasteiger partial charge in [-0.3, -0.25) is 4.79 Å². The van der Waals surface area contributed by atoms with Crippen LogP contribution in [0, 0.1) is 11.3 Å². The number of aliphatic carboxylic acids is 1. The molecule has 1 aromatic carbocycles. The van der Waals surface area contributed by atoms with Gasteiger partial charge in [0.05, 0.1) is 31.5 Å². The summed E-state index contributed by atoms with van der Waals surface area (Å²) in [5, 5.41) is 19.2. The lowest BCUT2D eigenvalue weighted by atomic mass is 9.98. The van der Waals surface area contributed by atoms with Crippen molar-refractivity contribution in [2.75, 3.05) is 13.2 Å². The van der Waals surface area contributed by atoms with Crippen LogP contribution in [-0.4, -0.2) is 44.8 Å². The zero-order valence-electron chi connectivity index (χ0n) is 22.5. The molecule has 0 aliphatic heterocycles. The van der Waals surface area contributed by atoms with E-state index in [4.69, 9.17) is 18.6 Å². The number of nitriles is 1. The summed E-state index contributed by atoms with van der Waals surface area (Å²) in [6.07, 6.45) is 3.63. The van der Waals surface area contributed by atoms with Crippen molar-refractivity contribution >= 4 is 14.3 Å². The molecule has 1 saturated carbocycles. The minimum atomic E-state index is -2.29. The van der Waals surface area contributed by atoms with Gasteiger partial charge < -0.3 is 23.7 Å². The van der Waals surface area contributed by atoms with E-state index in [1.165, 1.54) is 0 Å². The number of rotatable bonds is 13. The second-order valence-corrected chi connectivity index (χ2v) is 15.4. The molecule has 0 amide bonds. The average Bonchev–Trinajstić information content (AvgIpc) is 3.28. The fourth-order valence-corrected chi connectivity index (χ4v) is 5.38. The number of hydrogen-bond donors (Lipinski definition) is 1. The minimum Gasteiger partial charge on any atom is -0.492 e. The van der Waals surface area contributed by atoms with Crippen LogP contribution >= 0.6 is 0 Å². The molecule has 2 atom stereocenters. The summed E-state index contributed by atoms with van der Waals surface area (Å²) in [7, 11) is -2.29. The standard InChI is InChI=1S/C27H43NO6Si/c1-8-31-23-16-19(17-24(32-9-2)21(23)18-28)26(34-35(6,7)27(3,4)5)22(14-15-25(29)30)33-20-12-10-11-13-20/h16-17,20,22,26H,8-15H2,1-7H3,(H,29,30)/t22-,26+/m0/s1. The van der Waals surface area contributed by atoms with Crippen molar-refractivity contribution in [1.82, 2.24) is 0 Å². The van der Waals surface area contributed by atoms with Crippen LogP contribution in [0.1, 0.15) is 90.4 Å². The third-order valence-corrected chi connectivity index (χ3v) is 11.5. The van der Waals surface area contributed by atoms with Crippen molar-refractivity contribution in [2.24, 2.45) is 0 Å². The Morgan fingerprint density at radius 3 is 2.11 bits per heavy atom. The van der Waals surface area contributed by atoms with E-state index in [1.807, 2.05) is 26.0 Å². The molecule has 0 radical (unpaired) electrons. The molecule has 0 unspecified atom stereocenters. The number of carboxylic acid groups (broad SMARTS) is 1. The van der Waals surface area contributed by atoms with Crippen molar-refractivity contribution in [2.45, 2.75) is 110 Å². The van der Waals surface area contributed by atoms with Crippen molar-refractivity contribution in [3.8, 4) is 17.6 Å². The molecule has 0 aromatic heterocycles. The zero-order valence-corrected chi connectivity index (χ0v) is 23.5. The van der Waals surface area contributed by atoms with Gasteiger partial charge in [-0.1, -0.05) is 33.6 Å². The van der Waals surface area contributed by atoms with Crippen molar-refractivity contribution < 1.29 is 28.5 Å². The Kier molecular flexibility index (Phi) is 10.6. The number of benzene rings is 1. The highest BCUT2D eigenvalue weighted by Gasteiger charge is 2.42. The molecule has 2 rings (SSSR count). The van der Waals surface area contributed by atoms with Gasteiger partial charge in [0.2, 0.25) is 0 Å². The predicted molar refractivity (Wildman–Crippen MR) is 139 cm³/mol. The van der Waals surface area contributed by atoms with Gasteiger partial charge in [-0.25, -0.2) is 0 Å². The van der Waals surface area contributed by atoms with E-state index in [-0.39, 0.29) is 17.6 Å². The third-order valence-electron chi connectivity index (χ3n) is 7.01. The van der Waals surface area contributed by atoms with E-state index in [9.17, 15) is 15.2 Å². The van der Waals surface area contributed by atoms with Crippen LogP contribution < -0.4 is 9.47 Å². The van der Waals surface area contributed by atoms with Crippen LogP contribution in [0.25, 0.3) is 0 Å². The summed E-state index contributed by atoms with van der Waals surface area (Å²) in [5.41, 5.74) is 1.14. The Balaban J connectivity index is 2.64. The summed E-state index contributed by atoms with van der Waals surface area (Å²) >= 11 is 0. The SMILES string of the molecule is CCOc1cc([C@@H](O[Si](C)(C)C(C)(C)C)[C@H](CCC(=O)O)OC2CCCC2)cc(OCC)c1C#N. The molecule has 196 valence electrons. The number of carbonyl (C=O) groups is 1. The maximum atomic E-state index is 11.5. The van der Waals surface area contributed by atoms with Crippen molar-refractivity contribution in [1.29, 1.82) is 5.26 Å². The van der Waals surface area contributed by atoms with Gasteiger partial charge in [0.1, 0.15) is 23.1 Å². The third kappa shape index (κ3) is 7.96. The van der Waals surface area contributed by atoms with Gasteiger partial charge in [-0.15, -0.1) is 0 Å². The molecule has 1 aliphatic rings. The van der Waals surface area contributed by atoms with Crippen molar-refractivity contribution in [3.63, 3.8) is 0 Å². The van der Waals surface area contributed by atoms with Gasteiger partial charge in [0.15, 0.2) is 8.32 Å². The Morgan fingerprint density at radius 1 is 1.14 bits per heavy atom. The highest BCUT2D eigenvalue weighted by Crippen LogP contribution is 2.44. The highest BCUT2D eigenvalue weighted by molar-refractivity contribution is 6.74. The molecule has 1 aromatic rings. The zero-order chi connectivity index (χ0) is 26.2. The second kappa shape index (κ2) is 12.7. The number of carboxylic acids is 1. The predicted octanol–water partition coefficient (Wildman–Crippen LogP) is 6.61. The molecule has 0 saturated heterocycles. The Hall–Kier alpha value is -2.08. The van der Waals surface area contributed by atoms with E-state index in [0.29, 0.717) is 36.7 Å². The Bertz CT molecular complexity index is 856. The lowest BCUT2D eigenvalue weighted by Crippen LogP contribution is -2.45. The number of ether oxygens (including phenoxy) is 3. The van der Waals surface area contributed by atoms with Gasteiger partial charge >= 0.3 is 5.97 Å². The smallest absolute Gasteiger partial charge is 0.303 e. The van der Waals surface area contributed by atoms with E-state index in [1.54, 1.807) is 0 Å². The van der Waals surface area contributed by atoms with E-state index in [0.717, 1.165) is 31.2 Å². The Morgan fingerprint density at radius 2 is 1.69 bits per heavy atom. The van der Waals surface area contributed by atoms with Gasteiger partial charge in [0, 0.05) is 6.42 Å². The van der Waals surface area contributed by atoms with Crippen LogP contribution in [0.2, 0.25) is 18.1 Å². The molecule has 8 heteroatoms. The highest BCUT2D eigenvalue weighted by atomic mass is 28.4. The molecule has 0 bridgehead atoms. The van der Waals surface area contributed by atoms with Crippen LogP contribution in [0.4, 0.5) is 0 Å². The number of nitrogens with zero attached hydrogens (tertiary/aromatic N) is 1. The normalized spacial score (nSPS) is 16.5. The van der Waals surface area contributed by atoms with Crippen molar-refractivity contribution in [3.05, 3.63) is 23.3 Å². The van der Waals surface area contributed by atoms with Crippen LogP contribution in [0.15, 0.2) is 12.1 Å². The summed E-state index contributed by atoms with van der Waals surface area (Å²) in [6, 6.07) is 5.89. The first-order chi connectivity index (χ1) is 16.4. The maximum Gasteiger partial charge on any atom is 0.303 e.